The van der Waals surface area contributed by atoms with Crippen molar-refractivity contribution in [2.75, 3.05) is 0 Å². The molecule has 1 rings (SSSR count). The van der Waals surface area contributed by atoms with E-state index in [-0.39, 0.29) is 11.3 Å². The number of nitrogens with two attached hydrogens (primary N) is 1. The number of carbonyl (C=O) groups is 1. The van der Waals surface area contributed by atoms with E-state index in [2.05, 4.69) is 0 Å². The van der Waals surface area contributed by atoms with Crippen LogP contribution in [0.5, 0.6) is 5.75 Å². The van der Waals surface area contributed by atoms with Crippen molar-refractivity contribution in [3.8, 4) is 5.75 Å². The number of aryl methyl sites for hydroxylation is 1. The second-order valence-electron chi connectivity index (χ2n) is 2.57. The summed E-state index contributed by atoms with van der Waals surface area (Å²) >= 11 is 0. The fourth-order valence-electron chi connectivity index (χ4n) is 1.01. The summed E-state index contributed by atoms with van der Waals surface area (Å²) in [6.07, 6.45) is 0.826. The van der Waals surface area contributed by atoms with Gasteiger partial charge in [-0.25, -0.2) is 0 Å². The molecule has 1 aromatic carbocycles. The third-order valence-electron chi connectivity index (χ3n) is 1.74. The molecule has 3 heteroatoms. The summed E-state index contributed by atoms with van der Waals surface area (Å²) in [6.45, 7) is 1.97. The normalized spacial score (nSPS) is 9.75. The van der Waals surface area contributed by atoms with Crippen molar-refractivity contribution >= 4 is 5.91 Å². The molecule has 0 spiro atoms. The zero-order chi connectivity index (χ0) is 9.14. The van der Waals surface area contributed by atoms with Crippen LogP contribution in [0.3, 0.4) is 0 Å². The van der Waals surface area contributed by atoms with Gasteiger partial charge in [0.15, 0.2) is 0 Å². The molecular formula is C9H11NO2. The molecule has 0 aromatic heterocycles. The van der Waals surface area contributed by atoms with Gasteiger partial charge in [-0.05, 0) is 24.1 Å². The van der Waals surface area contributed by atoms with E-state index < -0.39 is 5.91 Å². The van der Waals surface area contributed by atoms with Crippen LogP contribution in [0, 0.1) is 0 Å². The quantitative estimate of drug-likeness (QED) is 0.688. The first-order valence-electron chi connectivity index (χ1n) is 3.77. The smallest absolute Gasteiger partial charge is 0.252 e. The molecule has 3 N–H and O–H groups in total. The summed E-state index contributed by atoms with van der Waals surface area (Å²) in [4.78, 5) is 10.7. The minimum absolute atomic E-state index is 0.0400. The summed E-state index contributed by atoms with van der Waals surface area (Å²) in [6, 6.07) is 4.87. The van der Waals surface area contributed by atoms with E-state index in [0.29, 0.717) is 0 Å². The van der Waals surface area contributed by atoms with Crippen LogP contribution in [0.4, 0.5) is 0 Å². The molecular weight excluding hydrogens is 154 g/mol. The second kappa shape index (κ2) is 3.26. The minimum Gasteiger partial charge on any atom is -0.507 e. The van der Waals surface area contributed by atoms with Gasteiger partial charge in [-0.3, -0.25) is 4.79 Å². The molecule has 1 amide bonds. The van der Waals surface area contributed by atoms with Crippen molar-refractivity contribution in [2.24, 2.45) is 5.73 Å². The minimum atomic E-state index is -0.602. The number of benzene rings is 1. The number of primary amides is 1. The summed E-state index contributed by atoms with van der Waals surface area (Å²) in [5, 5.41) is 9.29. The molecule has 0 radical (unpaired) electrons. The molecule has 0 saturated heterocycles. The highest BCUT2D eigenvalue weighted by Crippen LogP contribution is 2.18. The SMILES string of the molecule is CCc1ccc(C(N)=O)c(O)c1. The highest BCUT2D eigenvalue weighted by atomic mass is 16.3. The molecule has 0 heterocycles. The van der Waals surface area contributed by atoms with Crippen LogP contribution in [0.25, 0.3) is 0 Å². The second-order valence-corrected chi connectivity index (χ2v) is 2.57. The number of aromatic hydroxyl groups is 1. The predicted molar refractivity (Wildman–Crippen MR) is 46.0 cm³/mol. The molecule has 0 bridgehead atoms. The Hall–Kier alpha value is -1.51. The van der Waals surface area contributed by atoms with E-state index in [0.717, 1.165) is 12.0 Å². The van der Waals surface area contributed by atoms with E-state index in [1.807, 2.05) is 6.92 Å². The molecule has 0 fully saturated rings. The Balaban J connectivity index is 3.12. The summed E-state index contributed by atoms with van der Waals surface area (Å²) in [7, 11) is 0. The zero-order valence-corrected chi connectivity index (χ0v) is 6.87. The van der Waals surface area contributed by atoms with Gasteiger partial charge in [-0.1, -0.05) is 13.0 Å². The summed E-state index contributed by atoms with van der Waals surface area (Å²) in [5.41, 5.74) is 6.16. The van der Waals surface area contributed by atoms with Gasteiger partial charge in [0.1, 0.15) is 5.75 Å². The molecule has 0 aliphatic carbocycles. The Morgan fingerprint density at radius 1 is 1.58 bits per heavy atom. The molecule has 0 atom stereocenters. The van der Waals surface area contributed by atoms with Crippen molar-refractivity contribution in [3.63, 3.8) is 0 Å². The van der Waals surface area contributed by atoms with Gasteiger partial charge in [-0.2, -0.15) is 0 Å². The van der Waals surface area contributed by atoms with E-state index in [9.17, 15) is 9.90 Å². The summed E-state index contributed by atoms with van der Waals surface area (Å²) in [5.74, 6) is -0.642. The van der Waals surface area contributed by atoms with Crippen molar-refractivity contribution in [1.82, 2.24) is 0 Å². The maximum atomic E-state index is 10.7. The molecule has 1 aromatic rings. The lowest BCUT2D eigenvalue weighted by Crippen LogP contribution is -2.11. The number of hydrogen-bond donors (Lipinski definition) is 2. The van der Waals surface area contributed by atoms with Crippen molar-refractivity contribution < 1.29 is 9.90 Å². The van der Waals surface area contributed by atoms with Crippen molar-refractivity contribution in [3.05, 3.63) is 29.3 Å². The van der Waals surface area contributed by atoms with E-state index >= 15 is 0 Å². The number of rotatable bonds is 2. The van der Waals surface area contributed by atoms with Crippen LogP contribution >= 0.6 is 0 Å². The first-order chi connectivity index (χ1) is 5.65. The van der Waals surface area contributed by atoms with Crippen LogP contribution in [0.1, 0.15) is 22.8 Å². The molecule has 0 aliphatic rings. The van der Waals surface area contributed by atoms with E-state index in [1.165, 1.54) is 6.07 Å². The molecule has 0 aliphatic heterocycles. The molecule has 0 saturated carbocycles. The Morgan fingerprint density at radius 3 is 2.67 bits per heavy atom. The average Bonchev–Trinajstić information content (AvgIpc) is 2.03. The Kier molecular flexibility index (Phi) is 2.33. The van der Waals surface area contributed by atoms with Gasteiger partial charge < -0.3 is 10.8 Å². The van der Waals surface area contributed by atoms with E-state index in [4.69, 9.17) is 5.73 Å². The predicted octanol–water partition coefficient (Wildman–Crippen LogP) is 1.05. The number of amides is 1. The fraction of sp³-hybridized carbons (Fsp3) is 0.222. The first-order valence-corrected chi connectivity index (χ1v) is 3.77. The molecule has 0 unspecified atom stereocenters. The average molecular weight is 165 g/mol. The first kappa shape index (κ1) is 8.59. The van der Waals surface area contributed by atoms with E-state index in [1.54, 1.807) is 12.1 Å². The van der Waals surface area contributed by atoms with Gasteiger partial charge in [0.2, 0.25) is 0 Å². The Bertz CT molecular complexity index is 307. The lowest BCUT2D eigenvalue weighted by Gasteiger charge is -2.01. The lowest BCUT2D eigenvalue weighted by atomic mass is 10.1. The monoisotopic (exact) mass is 165 g/mol. The van der Waals surface area contributed by atoms with Gasteiger partial charge in [-0.15, -0.1) is 0 Å². The maximum Gasteiger partial charge on any atom is 0.252 e. The van der Waals surface area contributed by atoms with Gasteiger partial charge in [0, 0.05) is 0 Å². The highest BCUT2D eigenvalue weighted by Gasteiger charge is 2.06. The molecule has 3 nitrogen and oxygen atoms in total. The third-order valence-corrected chi connectivity index (χ3v) is 1.74. The van der Waals surface area contributed by atoms with Crippen molar-refractivity contribution in [1.29, 1.82) is 0 Å². The number of hydrogen-bond acceptors (Lipinski definition) is 2. The third kappa shape index (κ3) is 1.56. The zero-order valence-electron chi connectivity index (χ0n) is 6.87. The van der Waals surface area contributed by atoms with Gasteiger partial charge in [0.05, 0.1) is 5.56 Å². The highest BCUT2D eigenvalue weighted by molar-refractivity contribution is 5.95. The topological polar surface area (TPSA) is 63.3 Å². The van der Waals surface area contributed by atoms with Crippen molar-refractivity contribution in [2.45, 2.75) is 13.3 Å². The Morgan fingerprint density at radius 2 is 2.25 bits per heavy atom. The van der Waals surface area contributed by atoms with Crippen LogP contribution in [-0.4, -0.2) is 11.0 Å². The lowest BCUT2D eigenvalue weighted by molar-refractivity contribution is 0.0998. The Labute approximate surface area is 70.8 Å². The standard InChI is InChI=1S/C9H11NO2/c1-2-6-3-4-7(9(10)12)8(11)5-6/h3-5,11H,2H2,1H3,(H2,10,12). The summed E-state index contributed by atoms with van der Waals surface area (Å²) < 4.78 is 0. The fourth-order valence-corrected chi connectivity index (χ4v) is 1.01. The van der Waals surface area contributed by atoms with Gasteiger partial charge >= 0.3 is 0 Å². The van der Waals surface area contributed by atoms with Crippen LogP contribution in [0.15, 0.2) is 18.2 Å². The maximum absolute atomic E-state index is 10.7. The largest absolute Gasteiger partial charge is 0.507 e. The molecule has 12 heavy (non-hydrogen) atoms. The van der Waals surface area contributed by atoms with Crippen LogP contribution in [-0.2, 0) is 6.42 Å². The van der Waals surface area contributed by atoms with Crippen LogP contribution in [0.2, 0.25) is 0 Å². The number of carbonyl (C=O) groups excluding carboxylic acids is 1. The van der Waals surface area contributed by atoms with Gasteiger partial charge in [0.25, 0.3) is 5.91 Å². The molecule has 64 valence electrons. The number of phenols is 1. The van der Waals surface area contributed by atoms with Crippen LogP contribution < -0.4 is 5.73 Å².